The van der Waals surface area contributed by atoms with Crippen molar-refractivity contribution in [2.24, 2.45) is 17.8 Å². The number of carbonyl (C=O) groups excluding carboxylic acids is 12. The van der Waals surface area contributed by atoms with E-state index < -0.39 is 89.2 Å². The van der Waals surface area contributed by atoms with E-state index in [4.69, 9.17) is 18.9 Å². The molecule has 0 aliphatic heterocycles. The van der Waals surface area contributed by atoms with E-state index in [1.807, 2.05) is 26.8 Å². The van der Waals surface area contributed by atoms with Gasteiger partial charge in [0.1, 0.15) is 24.0 Å². The minimum Gasteiger partial charge on any atom is -0.382 e. The molecule has 1 aromatic rings. The molecule has 1 aromatic carbocycles. The van der Waals surface area contributed by atoms with Gasteiger partial charge in [0, 0.05) is 83.5 Å². The molecule has 0 aliphatic carbocycles. The minimum atomic E-state index is -1.16. The van der Waals surface area contributed by atoms with Gasteiger partial charge in [-0.05, 0) is 77.7 Å². The van der Waals surface area contributed by atoms with Crippen molar-refractivity contribution in [1.29, 1.82) is 0 Å². The summed E-state index contributed by atoms with van der Waals surface area (Å²) in [5, 5.41) is 12.9. The Balaban J connectivity index is 2.99. The van der Waals surface area contributed by atoms with E-state index in [0.717, 1.165) is 5.56 Å². The molecule has 0 fully saturated rings. The minimum absolute atomic E-state index is 0.0193. The van der Waals surface area contributed by atoms with E-state index in [0.29, 0.717) is 32.8 Å². The van der Waals surface area contributed by atoms with E-state index in [-0.39, 0.29) is 133 Å². The molecular formula is C54H83N5O16. The molecule has 0 heterocycles. The molecule has 420 valence electrons. The largest absolute Gasteiger partial charge is 0.382 e. The maximum Gasteiger partial charge on any atom is 0.246 e. The Morgan fingerprint density at radius 1 is 0.533 bits per heavy atom. The third kappa shape index (κ3) is 32.9. The summed E-state index contributed by atoms with van der Waals surface area (Å²) in [6, 6.07) is 5.78. The number of hydrogen-bond donors (Lipinski definition) is 5. The Morgan fingerprint density at radius 3 is 1.80 bits per heavy atom. The Labute approximate surface area is 441 Å². The van der Waals surface area contributed by atoms with Gasteiger partial charge in [-0.15, -0.1) is 0 Å². The van der Waals surface area contributed by atoms with Gasteiger partial charge in [-0.25, -0.2) is 0 Å². The van der Waals surface area contributed by atoms with Gasteiger partial charge < -0.3 is 50.3 Å². The van der Waals surface area contributed by atoms with Crippen LogP contribution in [0.2, 0.25) is 0 Å². The van der Waals surface area contributed by atoms with Crippen molar-refractivity contribution in [2.75, 3.05) is 66.4 Å². The van der Waals surface area contributed by atoms with Crippen molar-refractivity contribution in [1.82, 2.24) is 26.6 Å². The number of benzene rings is 1. The van der Waals surface area contributed by atoms with Gasteiger partial charge in [0.2, 0.25) is 29.5 Å². The standard InChI is InChI=1S/C54H83N5O16/c1-8-73-27-28-75-35-53(70)55-33-44(64)32-42(30-40-13-10-9-11-14-40)54(71)59-47(29-36(2)3)49(66)21-23-51(68)58-46(48(65)15-12-24-74-26-25-72-7)20-22-50(67)56-34-52(69)57-45(39(6)62)19-18-43(63)31-41(38(5)61)17-16-37(4)60/h9-11,13-14,36,41-42,45-47H,8,12,15-35H2,1-7H3,(H,55,70)(H,56,67)(H,57,69)(H,58,68)(H,59,71). The van der Waals surface area contributed by atoms with E-state index >= 15 is 0 Å². The summed E-state index contributed by atoms with van der Waals surface area (Å²) in [5.41, 5.74) is 0.771. The van der Waals surface area contributed by atoms with Crippen LogP contribution in [-0.2, 0) is 82.9 Å². The van der Waals surface area contributed by atoms with Crippen LogP contribution in [-0.4, -0.2) is 155 Å². The average molecular weight is 1060 g/mol. The maximum atomic E-state index is 13.9. The normalized spacial score (nSPS) is 13.1. The molecule has 5 unspecified atom stereocenters. The van der Waals surface area contributed by atoms with Crippen LogP contribution in [0, 0.1) is 17.8 Å². The average Bonchev–Trinajstić information content (AvgIpc) is 3.35. The van der Waals surface area contributed by atoms with Crippen molar-refractivity contribution in [3.63, 3.8) is 0 Å². The molecule has 1 rings (SSSR count). The third-order valence-electron chi connectivity index (χ3n) is 11.9. The van der Waals surface area contributed by atoms with E-state index in [1.165, 1.54) is 27.9 Å². The lowest BCUT2D eigenvalue weighted by Crippen LogP contribution is -2.46. The molecule has 21 nitrogen and oxygen atoms in total. The summed E-state index contributed by atoms with van der Waals surface area (Å²) < 4.78 is 20.9. The van der Waals surface area contributed by atoms with Crippen molar-refractivity contribution >= 4 is 70.0 Å². The topological polar surface area (TPSA) is 302 Å². The Hall–Kier alpha value is -5.90. The molecule has 5 N–H and O–H groups in total. The Bertz CT molecular complexity index is 2010. The first kappa shape index (κ1) is 67.1. The number of ketones is 7. The van der Waals surface area contributed by atoms with Gasteiger partial charge in [-0.1, -0.05) is 44.2 Å². The van der Waals surface area contributed by atoms with Crippen LogP contribution in [0.1, 0.15) is 131 Å². The number of Topliss-reactive ketones (excluding diaryl/α,β-unsaturated/α-hetero) is 7. The van der Waals surface area contributed by atoms with Crippen LogP contribution in [0.3, 0.4) is 0 Å². The Kier molecular flexibility index (Phi) is 35.4. The molecule has 0 saturated heterocycles. The van der Waals surface area contributed by atoms with Gasteiger partial charge in [0.15, 0.2) is 23.1 Å². The number of carbonyl (C=O) groups is 12. The van der Waals surface area contributed by atoms with Crippen molar-refractivity contribution in [2.45, 2.75) is 150 Å². The fourth-order valence-electron chi connectivity index (χ4n) is 7.64. The number of amides is 5. The van der Waals surface area contributed by atoms with Gasteiger partial charge in [0.05, 0.1) is 57.6 Å². The highest BCUT2D eigenvalue weighted by Crippen LogP contribution is 2.18. The lowest BCUT2D eigenvalue weighted by atomic mass is 9.90. The fourth-order valence-corrected chi connectivity index (χ4v) is 7.64. The third-order valence-corrected chi connectivity index (χ3v) is 11.9. The summed E-state index contributed by atoms with van der Waals surface area (Å²) >= 11 is 0. The van der Waals surface area contributed by atoms with E-state index in [9.17, 15) is 57.5 Å². The van der Waals surface area contributed by atoms with Gasteiger partial charge in [-0.2, -0.15) is 0 Å². The van der Waals surface area contributed by atoms with E-state index in [2.05, 4.69) is 26.6 Å². The van der Waals surface area contributed by atoms with Crippen LogP contribution < -0.4 is 26.6 Å². The summed E-state index contributed by atoms with van der Waals surface area (Å²) in [7, 11) is 1.52. The van der Waals surface area contributed by atoms with Crippen LogP contribution in [0.4, 0.5) is 0 Å². The fraction of sp³-hybridized carbons (Fsp3) is 0.667. The lowest BCUT2D eigenvalue weighted by Gasteiger charge is -2.24. The second-order valence-electron chi connectivity index (χ2n) is 19.0. The molecule has 5 atom stereocenters. The van der Waals surface area contributed by atoms with Crippen molar-refractivity contribution in [3.05, 3.63) is 35.9 Å². The maximum absolute atomic E-state index is 13.9. The number of ether oxygens (including phenoxy) is 4. The molecule has 21 heteroatoms. The number of nitrogens with one attached hydrogen (secondary N) is 5. The summed E-state index contributed by atoms with van der Waals surface area (Å²) in [4.78, 5) is 154. The van der Waals surface area contributed by atoms with Crippen molar-refractivity contribution in [3.8, 4) is 0 Å². The lowest BCUT2D eigenvalue weighted by molar-refractivity contribution is -0.133. The predicted molar refractivity (Wildman–Crippen MR) is 276 cm³/mol. The van der Waals surface area contributed by atoms with Crippen LogP contribution >= 0.6 is 0 Å². The molecule has 75 heavy (non-hydrogen) atoms. The highest BCUT2D eigenvalue weighted by atomic mass is 16.5. The SMILES string of the molecule is CCOCCOCC(=O)NCC(=O)CC(Cc1ccccc1)C(=O)NC(CC(C)C)C(=O)CCC(=O)NC(CCC(=O)NCC(=O)NC(CCC(=O)CC(CCC(C)=O)C(C)=O)C(C)=O)C(=O)CCCOCCOC. The van der Waals surface area contributed by atoms with Crippen LogP contribution in [0.15, 0.2) is 30.3 Å². The Morgan fingerprint density at radius 2 is 1.16 bits per heavy atom. The van der Waals surface area contributed by atoms with Crippen molar-refractivity contribution < 1.29 is 76.5 Å². The highest BCUT2D eigenvalue weighted by molar-refractivity contribution is 5.96. The first-order valence-electron chi connectivity index (χ1n) is 25.9. The number of methoxy groups -OCH3 is 1. The van der Waals surface area contributed by atoms with Gasteiger partial charge in [-0.3, -0.25) is 52.7 Å². The van der Waals surface area contributed by atoms with Gasteiger partial charge in [0.25, 0.3) is 0 Å². The molecule has 0 radical (unpaired) electrons. The molecule has 0 bridgehead atoms. The van der Waals surface area contributed by atoms with Crippen LogP contribution in [0.25, 0.3) is 0 Å². The number of rotatable bonds is 45. The second kappa shape index (κ2) is 39.5. The molecule has 5 amide bonds. The summed E-state index contributed by atoms with van der Waals surface area (Å²) in [6.07, 6.45) is -0.570. The zero-order valence-electron chi connectivity index (χ0n) is 45.1. The predicted octanol–water partition coefficient (Wildman–Crippen LogP) is 2.64. The second-order valence-corrected chi connectivity index (χ2v) is 19.0. The summed E-state index contributed by atoms with van der Waals surface area (Å²) in [6.45, 7) is 10.3. The zero-order chi connectivity index (χ0) is 56.1. The molecular weight excluding hydrogens is 975 g/mol. The molecule has 0 saturated carbocycles. The van der Waals surface area contributed by atoms with E-state index in [1.54, 1.807) is 24.3 Å². The molecule has 0 aromatic heterocycles. The summed E-state index contributed by atoms with van der Waals surface area (Å²) in [5.74, 6) is -7.04. The monoisotopic (exact) mass is 1060 g/mol. The molecule has 0 aliphatic rings. The zero-order valence-corrected chi connectivity index (χ0v) is 45.1. The number of hydrogen-bond acceptors (Lipinski definition) is 16. The quantitative estimate of drug-likeness (QED) is 0.0587. The highest BCUT2D eigenvalue weighted by Gasteiger charge is 2.30. The first-order valence-corrected chi connectivity index (χ1v) is 25.9. The van der Waals surface area contributed by atoms with Gasteiger partial charge >= 0.3 is 0 Å². The first-order chi connectivity index (χ1) is 35.6. The smallest absolute Gasteiger partial charge is 0.246 e. The molecule has 0 spiro atoms. The van der Waals surface area contributed by atoms with Crippen LogP contribution in [0.5, 0.6) is 0 Å².